The lowest BCUT2D eigenvalue weighted by molar-refractivity contribution is -0.0504. The molecule has 1 aromatic heterocycles. The van der Waals surface area contributed by atoms with Gasteiger partial charge in [-0.2, -0.15) is 8.78 Å². The number of hydrogen-bond donors (Lipinski definition) is 2. The molecule has 144 valence electrons. The van der Waals surface area contributed by atoms with Crippen LogP contribution in [-0.2, 0) is 20.1 Å². The highest BCUT2D eigenvalue weighted by molar-refractivity contribution is 14.0. The van der Waals surface area contributed by atoms with Gasteiger partial charge in [0.1, 0.15) is 11.6 Å². The summed E-state index contributed by atoms with van der Waals surface area (Å²) in [7, 11) is 3.47. The molecule has 0 spiro atoms. The van der Waals surface area contributed by atoms with E-state index in [1.54, 1.807) is 13.1 Å². The van der Waals surface area contributed by atoms with Crippen LogP contribution in [-0.4, -0.2) is 34.4 Å². The van der Waals surface area contributed by atoms with Crippen molar-refractivity contribution in [1.82, 2.24) is 25.4 Å². The summed E-state index contributed by atoms with van der Waals surface area (Å²) in [5, 5.41) is 14.5. The Morgan fingerprint density at radius 2 is 2.00 bits per heavy atom. The van der Waals surface area contributed by atoms with Crippen molar-refractivity contribution in [2.24, 2.45) is 12.0 Å². The largest absolute Gasteiger partial charge is 0.434 e. The zero-order chi connectivity index (χ0) is 18.4. The van der Waals surface area contributed by atoms with Gasteiger partial charge >= 0.3 is 6.61 Å². The fraction of sp³-hybridized carbons (Fsp3) is 0.400. The fourth-order valence-electron chi connectivity index (χ4n) is 2.06. The monoisotopic (exact) mass is 500 g/mol. The van der Waals surface area contributed by atoms with E-state index in [9.17, 15) is 8.78 Å². The van der Waals surface area contributed by atoms with Crippen LogP contribution in [0.4, 0.5) is 8.78 Å². The molecule has 0 saturated carbocycles. The number of benzene rings is 1. The number of nitrogens with one attached hydrogen (secondary N) is 2. The zero-order valence-corrected chi connectivity index (χ0v) is 17.5. The number of aliphatic imine (C=N–C) groups is 1. The van der Waals surface area contributed by atoms with E-state index in [1.165, 1.54) is 12.1 Å². The predicted octanol–water partition coefficient (Wildman–Crippen LogP) is 2.86. The lowest BCUT2D eigenvalue weighted by Crippen LogP contribution is -2.37. The fourth-order valence-corrected chi connectivity index (χ4v) is 2.26. The van der Waals surface area contributed by atoms with Crippen molar-refractivity contribution >= 4 is 41.5 Å². The van der Waals surface area contributed by atoms with Crippen LogP contribution in [0.2, 0.25) is 5.02 Å². The molecule has 0 aliphatic rings. The number of hydrogen-bond acceptors (Lipinski definition) is 4. The molecule has 2 aromatic rings. The van der Waals surface area contributed by atoms with Gasteiger partial charge in [-0.15, -0.1) is 34.2 Å². The topological polar surface area (TPSA) is 76.4 Å². The van der Waals surface area contributed by atoms with Gasteiger partial charge in [0.05, 0.1) is 6.54 Å². The number of rotatable bonds is 6. The molecule has 0 unspecified atom stereocenters. The van der Waals surface area contributed by atoms with E-state index in [1.807, 2.05) is 18.5 Å². The van der Waals surface area contributed by atoms with Crippen molar-refractivity contribution in [3.05, 3.63) is 40.4 Å². The molecule has 26 heavy (non-hydrogen) atoms. The summed E-state index contributed by atoms with van der Waals surface area (Å²) in [5.41, 5.74) is 0.491. The third-order valence-corrected chi connectivity index (χ3v) is 3.74. The minimum Gasteiger partial charge on any atom is -0.434 e. The number of nitrogens with zero attached hydrogens (tertiary/aromatic N) is 4. The Labute approximate surface area is 172 Å². The molecule has 0 fully saturated rings. The second-order valence-corrected chi connectivity index (χ2v) is 5.57. The first kappa shape index (κ1) is 22.4. The third kappa shape index (κ3) is 6.24. The van der Waals surface area contributed by atoms with Gasteiger partial charge in [0.15, 0.2) is 11.8 Å². The highest BCUT2D eigenvalue weighted by Gasteiger charge is 2.11. The Morgan fingerprint density at radius 1 is 1.31 bits per heavy atom. The molecule has 0 bridgehead atoms. The average Bonchev–Trinajstić information content (AvgIpc) is 2.89. The second-order valence-electron chi connectivity index (χ2n) is 5.13. The number of ether oxygens (including phenoxy) is 1. The molecule has 0 aliphatic heterocycles. The van der Waals surface area contributed by atoms with Crippen LogP contribution in [0.5, 0.6) is 5.75 Å². The number of guanidine groups is 1. The maximum atomic E-state index is 12.5. The van der Waals surface area contributed by atoms with Gasteiger partial charge in [0.2, 0.25) is 0 Å². The average molecular weight is 501 g/mol. The molecule has 0 atom stereocenters. The Balaban J connectivity index is 0.00000338. The Morgan fingerprint density at radius 3 is 2.58 bits per heavy atom. The molecule has 1 aromatic carbocycles. The molecule has 1 heterocycles. The van der Waals surface area contributed by atoms with Crippen LogP contribution in [0.1, 0.15) is 17.2 Å². The molecular weight excluding hydrogens is 481 g/mol. The first-order valence-corrected chi connectivity index (χ1v) is 7.81. The van der Waals surface area contributed by atoms with Gasteiger partial charge in [-0.1, -0.05) is 11.6 Å². The van der Waals surface area contributed by atoms with Gasteiger partial charge in [-0.3, -0.25) is 4.99 Å². The number of halogens is 4. The quantitative estimate of drug-likeness (QED) is 0.362. The molecular formula is C15H20ClF2IN6O. The SMILES string of the molecule is CN=C(NCc1cc(Cl)ccc1OC(F)F)NCc1nnc(C)n1C.I. The summed E-state index contributed by atoms with van der Waals surface area (Å²) in [6.45, 7) is -0.433. The first-order valence-electron chi connectivity index (χ1n) is 7.43. The lowest BCUT2D eigenvalue weighted by Gasteiger charge is -2.14. The summed E-state index contributed by atoms with van der Waals surface area (Å²) >= 11 is 5.93. The van der Waals surface area contributed by atoms with Gasteiger partial charge < -0.3 is 19.9 Å². The highest BCUT2D eigenvalue weighted by atomic mass is 127. The van der Waals surface area contributed by atoms with Crippen molar-refractivity contribution in [2.45, 2.75) is 26.6 Å². The number of aryl methyl sites for hydroxylation is 1. The summed E-state index contributed by atoms with van der Waals surface area (Å²) in [6.07, 6.45) is 0. The van der Waals surface area contributed by atoms with Crippen LogP contribution < -0.4 is 15.4 Å². The minimum atomic E-state index is -2.91. The molecule has 0 amide bonds. The number of aromatic nitrogens is 3. The number of alkyl halides is 2. The van der Waals surface area contributed by atoms with Gasteiger partial charge in [0, 0.05) is 31.2 Å². The van der Waals surface area contributed by atoms with Crippen molar-refractivity contribution < 1.29 is 13.5 Å². The van der Waals surface area contributed by atoms with Crippen molar-refractivity contribution in [3.8, 4) is 5.75 Å². The van der Waals surface area contributed by atoms with E-state index in [-0.39, 0.29) is 36.3 Å². The van der Waals surface area contributed by atoms with Gasteiger partial charge in [0.25, 0.3) is 0 Å². The lowest BCUT2D eigenvalue weighted by atomic mass is 10.2. The summed E-state index contributed by atoms with van der Waals surface area (Å²) in [6, 6.07) is 4.46. The van der Waals surface area contributed by atoms with E-state index in [0.717, 1.165) is 11.6 Å². The minimum absolute atomic E-state index is 0. The zero-order valence-electron chi connectivity index (χ0n) is 14.5. The molecule has 2 N–H and O–H groups in total. The maximum absolute atomic E-state index is 12.5. The van der Waals surface area contributed by atoms with E-state index in [4.69, 9.17) is 11.6 Å². The van der Waals surface area contributed by atoms with Crippen molar-refractivity contribution in [3.63, 3.8) is 0 Å². The predicted molar refractivity (Wildman–Crippen MR) is 106 cm³/mol. The van der Waals surface area contributed by atoms with Crippen LogP contribution in [0.15, 0.2) is 23.2 Å². The highest BCUT2D eigenvalue weighted by Crippen LogP contribution is 2.24. The summed E-state index contributed by atoms with van der Waals surface area (Å²) < 4.78 is 31.3. The van der Waals surface area contributed by atoms with Crippen molar-refractivity contribution in [1.29, 1.82) is 0 Å². The van der Waals surface area contributed by atoms with E-state index in [2.05, 4.69) is 30.6 Å². The Hall–Kier alpha value is -1.69. The molecule has 11 heteroatoms. The summed E-state index contributed by atoms with van der Waals surface area (Å²) in [4.78, 5) is 4.08. The van der Waals surface area contributed by atoms with Crippen LogP contribution >= 0.6 is 35.6 Å². The van der Waals surface area contributed by atoms with Crippen molar-refractivity contribution in [2.75, 3.05) is 7.05 Å². The van der Waals surface area contributed by atoms with Crippen LogP contribution in [0.25, 0.3) is 0 Å². The smallest absolute Gasteiger partial charge is 0.387 e. The van der Waals surface area contributed by atoms with E-state index >= 15 is 0 Å². The molecule has 0 radical (unpaired) electrons. The molecule has 0 saturated heterocycles. The normalized spacial score (nSPS) is 11.3. The van der Waals surface area contributed by atoms with Crippen LogP contribution in [0, 0.1) is 6.92 Å². The van der Waals surface area contributed by atoms with Crippen LogP contribution in [0.3, 0.4) is 0 Å². The van der Waals surface area contributed by atoms with Gasteiger partial charge in [-0.05, 0) is 25.1 Å². The second kappa shape index (κ2) is 10.5. The molecule has 7 nitrogen and oxygen atoms in total. The summed E-state index contributed by atoms with van der Waals surface area (Å²) in [5.74, 6) is 2.08. The van der Waals surface area contributed by atoms with E-state index in [0.29, 0.717) is 23.1 Å². The van der Waals surface area contributed by atoms with E-state index < -0.39 is 6.61 Å². The first-order chi connectivity index (χ1) is 11.9. The van der Waals surface area contributed by atoms with Gasteiger partial charge in [-0.25, -0.2) is 0 Å². The third-order valence-electron chi connectivity index (χ3n) is 3.51. The molecule has 2 rings (SSSR count). The Kier molecular flexibility index (Phi) is 8.99. The maximum Gasteiger partial charge on any atom is 0.387 e. The molecule has 0 aliphatic carbocycles. The Bertz CT molecular complexity index is 756. The standard InChI is InChI=1S/C15H19ClF2N6O.HI/c1-9-22-23-13(24(9)3)8-21-15(19-2)20-7-10-6-11(16)4-5-12(10)25-14(17)18;/h4-6,14H,7-8H2,1-3H3,(H2,19,20,21);1H.